The summed E-state index contributed by atoms with van der Waals surface area (Å²) in [6.07, 6.45) is 4.24. The van der Waals surface area contributed by atoms with Crippen molar-refractivity contribution in [1.82, 2.24) is 20.3 Å². The molecule has 0 saturated heterocycles. The first-order valence-electron chi connectivity index (χ1n) is 6.93. The van der Waals surface area contributed by atoms with Crippen LogP contribution in [-0.4, -0.2) is 22.0 Å². The van der Waals surface area contributed by atoms with Crippen LogP contribution in [0.2, 0.25) is 0 Å². The van der Waals surface area contributed by atoms with Gasteiger partial charge in [-0.05, 0) is 38.1 Å². The number of hydrogen-bond acceptors (Lipinski definition) is 3. The Bertz CT molecular complexity index is 351. The predicted octanol–water partition coefficient (Wildman–Crippen LogP) is 3.02. The Morgan fingerprint density at radius 2 is 2.06 bits per heavy atom. The molecule has 2 atom stereocenters. The normalized spacial score (nSPS) is 15.7. The van der Waals surface area contributed by atoms with Gasteiger partial charge in [0.15, 0.2) is 0 Å². The molecule has 18 heavy (non-hydrogen) atoms. The van der Waals surface area contributed by atoms with Crippen LogP contribution in [0.5, 0.6) is 0 Å². The Balaban J connectivity index is 2.68. The Morgan fingerprint density at radius 1 is 1.39 bits per heavy atom. The minimum Gasteiger partial charge on any atom is -0.312 e. The van der Waals surface area contributed by atoms with E-state index in [4.69, 9.17) is 0 Å². The van der Waals surface area contributed by atoms with Crippen molar-refractivity contribution < 1.29 is 0 Å². The van der Waals surface area contributed by atoms with Crippen molar-refractivity contribution in [2.45, 2.75) is 60.0 Å². The van der Waals surface area contributed by atoms with Gasteiger partial charge in [-0.3, -0.25) is 0 Å². The average Bonchev–Trinajstić information content (AvgIpc) is 2.71. The second-order valence-electron chi connectivity index (χ2n) is 6.42. The van der Waals surface area contributed by atoms with E-state index in [1.807, 2.05) is 17.9 Å². The third-order valence-electron chi connectivity index (χ3n) is 3.25. The molecule has 1 N–H and O–H groups in total. The molecule has 1 aromatic rings. The first kappa shape index (κ1) is 15.2. The van der Waals surface area contributed by atoms with E-state index in [1.54, 1.807) is 0 Å². The van der Waals surface area contributed by atoms with Crippen LogP contribution in [-0.2, 0) is 6.54 Å². The van der Waals surface area contributed by atoms with Crippen molar-refractivity contribution in [1.29, 1.82) is 0 Å². The topological polar surface area (TPSA) is 42.7 Å². The molecule has 0 aliphatic rings. The number of rotatable bonds is 6. The number of aromatic nitrogens is 3. The highest BCUT2D eigenvalue weighted by Gasteiger charge is 2.21. The molecule has 0 aliphatic heterocycles. The highest BCUT2D eigenvalue weighted by atomic mass is 15.4. The van der Waals surface area contributed by atoms with Gasteiger partial charge in [-0.15, -0.1) is 5.10 Å². The van der Waals surface area contributed by atoms with E-state index in [2.05, 4.69) is 50.2 Å². The zero-order chi connectivity index (χ0) is 13.8. The maximum Gasteiger partial charge on any atom is 0.0756 e. The summed E-state index contributed by atoms with van der Waals surface area (Å²) in [5.41, 5.74) is 1.58. The standard InChI is InChI=1S/C14H28N4/c1-7-18-13(10-16-17-18)12(15-6)8-11(2)9-14(3,4)5/h10-12,15H,7-9H2,1-6H3. The molecule has 104 valence electrons. The van der Waals surface area contributed by atoms with Crippen LogP contribution in [0, 0.1) is 11.3 Å². The highest BCUT2D eigenvalue weighted by Crippen LogP contribution is 2.30. The SMILES string of the molecule is CCn1nncc1C(CC(C)CC(C)(C)C)NC. The fraction of sp³-hybridized carbons (Fsp3) is 0.857. The molecule has 4 heteroatoms. The summed E-state index contributed by atoms with van der Waals surface area (Å²) in [5.74, 6) is 0.683. The fourth-order valence-corrected chi connectivity index (χ4v) is 2.70. The van der Waals surface area contributed by atoms with Gasteiger partial charge >= 0.3 is 0 Å². The molecule has 2 unspecified atom stereocenters. The van der Waals surface area contributed by atoms with Gasteiger partial charge in [0, 0.05) is 6.54 Å². The van der Waals surface area contributed by atoms with E-state index in [-0.39, 0.29) is 0 Å². The van der Waals surface area contributed by atoms with Crippen LogP contribution < -0.4 is 5.32 Å². The van der Waals surface area contributed by atoms with Crippen molar-refractivity contribution >= 4 is 0 Å². The largest absolute Gasteiger partial charge is 0.312 e. The fourth-order valence-electron chi connectivity index (χ4n) is 2.70. The summed E-state index contributed by atoms with van der Waals surface area (Å²) in [4.78, 5) is 0. The van der Waals surface area contributed by atoms with Gasteiger partial charge in [0.2, 0.25) is 0 Å². The van der Waals surface area contributed by atoms with E-state index in [0.29, 0.717) is 17.4 Å². The van der Waals surface area contributed by atoms with E-state index in [1.165, 1.54) is 12.1 Å². The molecule has 0 aromatic carbocycles. The zero-order valence-corrected chi connectivity index (χ0v) is 12.7. The smallest absolute Gasteiger partial charge is 0.0756 e. The Hall–Kier alpha value is -0.900. The first-order valence-corrected chi connectivity index (χ1v) is 6.93. The average molecular weight is 252 g/mol. The Kier molecular flexibility index (Phi) is 5.32. The third kappa shape index (κ3) is 4.41. The van der Waals surface area contributed by atoms with E-state index in [9.17, 15) is 0 Å². The van der Waals surface area contributed by atoms with Crippen molar-refractivity contribution in [3.63, 3.8) is 0 Å². The van der Waals surface area contributed by atoms with Crippen LogP contribution in [0.1, 0.15) is 59.2 Å². The van der Waals surface area contributed by atoms with E-state index in [0.717, 1.165) is 13.0 Å². The van der Waals surface area contributed by atoms with Gasteiger partial charge in [0.25, 0.3) is 0 Å². The molecule has 0 saturated carbocycles. The minimum atomic E-state index is 0.345. The molecular weight excluding hydrogens is 224 g/mol. The Morgan fingerprint density at radius 3 is 2.56 bits per heavy atom. The second kappa shape index (κ2) is 6.32. The van der Waals surface area contributed by atoms with Crippen molar-refractivity contribution in [2.75, 3.05) is 7.05 Å². The van der Waals surface area contributed by atoms with Crippen LogP contribution in [0.3, 0.4) is 0 Å². The molecule has 1 rings (SSSR count). The Labute approximate surface area is 111 Å². The lowest BCUT2D eigenvalue weighted by Gasteiger charge is -2.26. The van der Waals surface area contributed by atoms with Gasteiger partial charge in [0.1, 0.15) is 0 Å². The number of hydrogen-bond donors (Lipinski definition) is 1. The lowest BCUT2D eigenvalue weighted by Crippen LogP contribution is -2.24. The van der Waals surface area contributed by atoms with Gasteiger partial charge in [-0.25, -0.2) is 4.68 Å². The monoisotopic (exact) mass is 252 g/mol. The third-order valence-corrected chi connectivity index (χ3v) is 3.25. The molecule has 0 radical (unpaired) electrons. The number of aryl methyl sites for hydroxylation is 1. The van der Waals surface area contributed by atoms with Gasteiger partial charge in [-0.1, -0.05) is 32.9 Å². The molecule has 0 bridgehead atoms. The molecule has 0 amide bonds. The summed E-state index contributed by atoms with van der Waals surface area (Å²) < 4.78 is 1.98. The van der Waals surface area contributed by atoms with Crippen LogP contribution in [0.4, 0.5) is 0 Å². The maximum atomic E-state index is 4.11. The second-order valence-corrected chi connectivity index (χ2v) is 6.42. The molecular formula is C14H28N4. The van der Waals surface area contributed by atoms with Crippen LogP contribution >= 0.6 is 0 Å². The molecule has 0 fully saturated rings. The lowest BCUT2D eigenvalue weighted by molar-refractivity contribution is 0.275. The number of nitrogens with zero attached hydrogens (tertiary/aromatic N) is 3. The van der Waals surface area contributed by atoms with Gasteiger partial charge < -0.3 is 5.32 Å². The van der Waals surface area contributed by atoms with Crippen LogP contribution in [0.25, 0.3) is 0 Å². The molecule has 4 nitrogen and oxygen atoms in total. The zero-order valence-electron chi connectivity index (χ0n) is 12.7. The predicted molar refractivity (Wildman–Crippen MR) is 75.3 cm³/mol. The quantitative estimate of drug-likeness (QED) is 0.846. The molecule has 0 aliphatic carbocycles. The first-order chi connectivity index (χ1) is 8.37. The molecule has 1 aromatic heterocycles. The highest BCUT2D eigenvalue weighted by molar-refractivity contribution is 5.02. The summed E-state index contributed by atoms with van der Waals surface area (Å²) >= 11 is 0. The summed E-state index contributed by atoms with van der Waals surface area (Å²) in [6, 6.07) is 0.345. The molecule has 1 heterocycles. The van der Waals surface area contributed by atoms with E-state index < -0.39 is 0 Å². The van der Waals surface area contributed by atoms with Crippen molar-refractivity contribution in [3.05, 3.63) is 11.9 Å². The van der Waals surface area contributed by atoms with E-state index >= 15 is 0 Å². The maximum absolute atomic E-state index is 4.11. The van der Waals surface area contributed by atoms with Crippen LogP contribution in [0.15, 0.2) is 6.20 Å². The summed E-state index contributed by atoms with van der Waals surface area (Å²) in [7, 11) is 2.02. The van der Waals surface area contributed by atoms with Crippen molar-refractivity contribution in [3.8, 4) is 0 Å². The number of nitrogens with one attached hydrogen (secondary N) is 1. The van der Waals surface area contributed by atoms with Gasteiger partial charge in [-0.2, -0.15) is 0 Å². The summed E-state index contributed by atoms with van der Waals surface area (Å²) in [5, 5.41) is 11.5. The van der Waals surface area contributed by atoms with Gasteiger partial charge in [0.05, 0.1) is 17.9 Å². The minimum absolute atomic E-state index is 0.345. The summed E-state index contributed by atoms with van der Waals surface area (Å²) in [6.45, 7) is 12.2. The van der Waals surface area contributed by atoms with Crippen molar-refractivity contribution in [2.24, 2.45) is 11.3 Å². The molecule has 0 spiro atoms. The lowest BCUT2D eigenvalue weighted by atomic mass is 9.82.